The molecule has 0 spiro atoms. The van der Waals surface area contributed by atoms with Crippen LogP contribution >= 0.6 is 0 Å². The second kappa shape index (κ2) is 9.06. The number of H-pyrrole nitrogens is 1. The minimum atomic E-state index is -0.225. The third-order valence-corrected chi connectivity index (χ3v) is 5.42. The second-order valence-electron chi connectivity index (χ2n) is 7.30. The summed E-state index contributed by atoms with van der Waals surface area (Å²) in [6, 6.07) is 5.65. The maximum Gasteiger partial charge on any atom is 0.235 e. The van der Waals surface area contributed by atoms with Gasteiger partial charge in [-0.3, -0.25) is 9.59 Å². The van der Waals surface area contributed by atoms with E-state index in [-0.39, 0.29) is 17.6 Å². The number of likely N-dealkylation sites (N-methyl/N-ethyl adjacent to an activating group) is 1. The molecule has 28 heavy (non-hydrogen) atoms. The van der Waals surface area contributed by atoms with E-state index in [9.17, 15) is 9.59 Å². The van der Waals surface area contributed by atoms with Crippen molar-refractivity contribution in [3.63, 3.8) is 0 Å². The fourth-order valence-corrected chi connectivity index (χ4v) is 3.56. The number of methoxy groups -OCH3 is 2. The molecule has 0 aliphatic rings. The molecule has 6 nitrogen and oxygen atoms in total. The first-order chi connectivity index (χ1) is 13.2. The molecule has 2 atom stereocenters. The summed E-state index contributed by atoms with van der Waals surface area (Å²) in [4.78, 5) is 29.0. The van der Waals surface area contributed by atoms with Crippen molar-refractivity contribution in [2.75, 3.05) is 27.8 Å². The summed E-state index contributed by atoms with van der Waals surface area (Å²) in [5, 5.41) is 0. The predicted octanol–water partition coefficient (Wildman–Crippen LogP) is 2.18. The van der Waals surface area contributed by atoms with Crippen LogP contribution in [0.3, 0.4) is 0 Å². The third-order valence-electron chi connectivity index (χ3n) is 5.42. The summed E-state index contributed by atoms with van der Waals surface area (Å²) in [5.74, 6) is 1.41. The number of Topliss-reactive ketones (excluding diaryl/α,β-unsaturated/α-hetero) is 2. The summed E-state index contributed by atoms with van der Waals surface area (Å²) in [7, 11) is 5.25. The van der Waals surface area contributed by atoms with Gasteiger partial charge in [0.25, 0.3) is 0 Å². The highest BCUT2D eigenvalue weighted by Crippen LogP contribution is 2.27. The monoisotopic (exact) mass is 387 g/mol. The molecule has 152 valence electrons. The van der Waals surface area contributed by atoms with Crippen molar-refractivity contribution in [2.45, 2.75) is 40.2 Å². The highest BCUT2D eigenvalue weighted by atomic mass is 16.5. The number of nitrogens with one attached hydrogen (secondary N) is 2. The lowest BCUT2D eigenvalue weighted by Crippen LogP contribution is -3.13. The van der Waals surface area contributed by atoms with Crippen LogP contribution in [0.4, 0.5) is 0 Å². The molecule has 2 rings (SSSR count). The summed E-state index contributed by atoms with van der Waals surface area (Å²) < 4.78 is 10.6. The van der Waals surface area contributed by atoms with Gasteiger partial charge in [0, 0.05) is 17.7 Å². The molecule has 0 radical (unpaired) electrons. The molecule has 0 amide bonds. The van der Waals surface area contributed by atoms with Crippen molar-refractivity contribution in [2.24, 2.45) is 0 Å². The molecule has 1 heterocycles. The lowest BCUT2D eigenvalue weighted by molar-refractivity contribution is -0.893. The Balaban J connectivity index is 2.09. The number of carbonyl (C=O) groups excluding carboxylic acids is 2. The Hall–Kier alpha value is -2.60. The number of ether oxygens (including phenoxy) is 2. The van der Waals surface area contributed by atoms with Crippen LogP contribution in [0.1, 0.15) is 51.5 Å². The molecule has 1 aromatic carbocycles. The standard InChI is InChI=1S/C22H30N2O4/c1-13-20(16(4)25)14(2)23-21(13)22(26)15(3)24(5)11-10-17-8-9-18(27-6)19(12-17)28-7/h8-9,12,15,23H,10-11H2,1-7H3/p+1/t15-/m0/s1. The number of ketones is 2. The molecule has 0 bridgehead atoms. The zero-order chi connectivity index (χ0) is 21.0. The number of quaternary nitrogens is 1. The van der Waals surface area contributed by atoms with E-state index in [0.717, 1.165) is 34.7 Å². The summed E-state index contributed by atoms with van der Waals surface area (Å²) in [6.45, 7) is 7.91. The molecule has 0 saturated heterocycles. The van der Waals surface area contributed by atoms with E-state index in [4.69, 9.17) is 9.47 Å². The van der Waals surface area contributed by atoms with Gasteiger partial charge in [-0.05, 0) is 51.0 Å². The van der Waals surface area contributed by atoms with Crippen LogP contribution in [0.2, 0.25) is 0 Å². The molecule has 0 aliphatic heterocycles. The largest absolute Gasteiger partial charge is 0.493 e. The summed E-state index contributed by atoms with van der Waals surface area (Å²) >= 11 is 0. The molecule has 0 saturated carbocycles. The normalized spacial score (nSPS) is 13.1. The first kappa shape index (κ1) is 21.7. The highest BCUT2D eigenvalue weighted by molar-refractivity contribution is 6.04. The quantitative estimate of drug-likeness (QED) is 0.647. The molecule has 0 aliphatic carbocycles. The summed E-state index contributed by atoms with van der Waals surface area (Å²) in [5.41, 5.74) is 3.79. The van der Waals surface area contributed by atoms with E-state index >= 15 is 0 Å². The topological polar surface area (TPSA) is 72.8 Å². The van der Waals surface area contributed by atoms with Gasteiger partial charge in [-0.15, -0.1) is 0 Å². The van der Waals surface area contributed by atoms with Gasteiger partial charge in [-0.2, -0.15) is 0 Å². The maximum absolute atomic E-state index is 13.0. The van der Waals surface area contributed by atoms with Crippen molar-refractivity contribution in [3.8, 4) is 11.5 Å². The second-order valence-corrected chi connectivity index (χ2v) is 7.30. The molecule has 6 heteroatoms. The van der Waals surface area contributed by atoms with Crippen molar-refractivity contribution in [1.29, 1.82) is 0 Å². The van der Waals surface area contributed by atoms with Crippen LogP contribution in [0.25, 0.3) is 0 Å². The number of aromatic nitrogens is 1. The number of carbonyl (C=O) groups is 2. The number of aromatic amines is 1. The van der Waals surface area contributed by atoms with Gasteiger partial charge in [-0.1, -0.05) is 6.07 Å². The first-order valence-electron chi connectivity index (χ1n) is 9.48. The van der Waals surface area contributed by atoms with Crippen molar-refractivity contribution in [3.05, 3.63) is 46.3 Å². The number of aryl methyl sites for hydroxylation is 1. The van der Waals surface area contributed by atoms with Crippen LogP contribution in [-0.2, 0) is 6.42 Å². The lowest BCUT2D eigenvalue weighted by Gasteiger charge is -2.21. The Bertz CT molecular complexity index is 870. The van der Waals surface area contributed by atoms with E-state index in [0.29, 0.717) is 22.8 Å². The highest BCUT2D eigenvalue weighted by Gasteiger charge is 2.28. The minimum absolute atomic E-state index is 0.0212. The van der Waals surface area contributed by atoms with E-state index in [2.05, 4.69) is 4.98 Å². The van der Waals surface area contributed by atoms with Crippen molar-refractivity contribution in [1.82, 2.24) is 4.98 Å². The van der Waals surface area contributed by atoms with Gasteiger partial charge < -0.3 is 19.4 Å². The van der Waals surface area contributed by atoms with Gasteiger partial charge in [0.2, 0.25) is 5.78 Å². The van der Waals surface area contributed by atoms with E-state index in [1.54, 1.807) is 14.2 Å². The van der Waals surface area contributed by atoms with Gasteiger partial charge in [-0.25, -0.2) is 0 Å². The van der Waals surface area contributed by atoms with Gasteiger partial charge in [0.15, 0.2) is 17.3 Å². The fraction of sp³-hybridized carbons (Fsp3) is 0.455. The SMILES string of the molecule is COc1ccc(CC[NH+](C)[C@@H](C)C(=O)c2[nH]c(C)c(C(C)=O)c2C)cc1OC. The average Bonchev–Trinajstić information content (AvgIpc) is 2.98. The zero-order valence-corrected chi connectivity index (χ0v) is 17.9. The van der Waals surface area contributed by atoms with Crippen molar-refractivity contribution >= 4 is 11.6 Å². The average molecular weight is 388 g/mol. The van der Waals surface area contributed by atoms with Crippen LogP contribution in [0.5, 0.6) is 11.5 Å². The zero-order valence-electron chi connectivity index (χ0n) is 17.9. The lowest BCUT2D eigenvalue weighted by atomic mass is 10.0. The van der Waals surface area contributed by atoms with Gasteiger partial charge in [0.05, 0.1) is 33.5 Å². The Kier molecular flexibility index (Phi) is 7.02. The molecule has 0 fully saturated rings. The fourth-order valence-electron chi connectivity index (χ4n) is 3.56. The molecule has 1 unspecified atom stereocenters. The predicted molar refractivity (Wildman–Crippen MR) is 109 cm³/mol. The number of hydrogen-bond acceptors (Lipinski definition) is 4. The van der Waals surface area contributed by atoms with E-state index in [1.807, 2.05) is 46.0 Å². The van der Waals surface area contributed by atoms with Crippen molar-refractivity contribution < 1.29 is 24.0 Å². The van der Waals surface area contributed by atoms with Crippen LogP contribution in [0.15, 0.2) is 18.2 Å². The Morgan fingerprint density at radius 1 is 1.14 bits per heavy atom. The Morgan fingerprint density at radius 2 is 1.79 bits per heavy atom. The van der Waals surface area contributed by atoms with Gasteiger partial charge in [0.1, 0.15) is 6.04 Å². The van der Waals surface area contributed by atoms with Gasteiger partial charge >= 0.3 is 0 Å². The Morgan fingerprint density at radius 3 is 2.32 bits per heavy atom. The molecule has 2 N–H and O–H groups in total. The number of rotatable bonds is 9. The first-order valence-corrected chi connectivity index (χ1v) is 9.48. The summed E-state index contributed by atoms with van der Waals surface area (Å²) in [6.07, 6.45) is 0.811. The third kappa shape index (κ3) is 4.44. The number of benzene rings is 1. The van der Waals surface area contributed by atoms with Crippen LogP contribution in [0, 0.1) is 13.8 Å². The maximum atomic E-state index is 13.0. The molecule has 2 aromatic rings. The number of hydrogen-bond donors (Lipinski definition) is 2. The smallest absolute Gasteiger partial charge is 0.235 e. The van der Waals surface area contributed by atoms with Crippen LogP contribution < -0.4 is 14.4 Å². The molecular formula is C22H31N2O4+. The van der Waals surface area contributed by atoms with E-state index < -0.39 is 0 Å². The minimum Gasteiger partial charge on any atom is -0.493 e. The molecular weight excluding hydrogens is 356 g/mol. The van der Waals surface area contributed by atoms with Crippen LogP contribution in [-0.4, -0.2) is 50.4 Å². The molecule has 1 aromatic heterocycles. The Labute approximate surface area is 166 Å². The van der Waals surface area contributed by atoms with E-state index in [1.165, 1.54) is 6.92 Å².